The van der Waals surface area contributed by atoms with Gasteiger partial charge in [-0.3, -0.25) is 0 Å². The Morgan fingerprint density at radius 2 is 2.06 bits per heavy atom. The zero-order valence-corrected chi connectivity index (χ0v) is 11.3. The van der Waals surface area contributed by atoms with Crippen LogP contribution in [0.15, 0.2) is 0 Å². The fourth-order valence-electron chi connectivity index (χ4n) is 3.14. The highest BCUT2D eigenvalue weighted by Crippen LogP contribution is 2.44. The summed E-state index contributed by atoms with van der Waals surface area (Å²) >= 11 is 0. The summed E-state index contributed by atoms with van der Waals surface area (Å²) in [6, 6.07) is 0.153. The van der Waals surface area contributed by atoms with Crippen molar-refractivity contribution in [3.05, 3.63) is 0 Å². The fraction of sp³-hybridized carbons (Fsp3) is 0.929. The molecule has 3 unspecified atom stereocenters. The molecule has 4 heteroatoms. The predicted molar refractivity (Wildman–Crippen MR) is 71.3 cm³/mol. The molecule has 2 rings (SSSR count). The molecular formula is C14H26N2O2. The van der Waals surface area contributed by atoms with Crippen molar-refractivity contribution >= 4 is 6.03 Å². The van der Waals surface area contributed by atoms with E-state index in [9.17, 15) is 4.79 Å². The molecule has 3 N–H and O–H groups in total. The molecule has 4 nitrogen and oxygen atoms in total. The number of aliphatic hydroxyl groups is 1. The summed E-state index contributed by atoms with van der Waals surface area (Å²) in [6.45, 7) is 1.98. The second kappa shape index (κ2) is 6.41. The number of aliphatic hydroxyl groups excluding tert-OH is 1. The number of urea groups is 1. The Bertz CT molecular complexity index is 273. The van der Waals surface area contributed by atoms with Gasteiger partial charge in [-0.25, -0.2) is 4.79 Å². The highest BCUT2D eigenvalue weighted by Gasteiger charge is 2.43. The van der Waals surface area contributed by atoms with Crippen molar-refractivity contribution in [1.29, 1.82) is 0 Å². The summed E-state index contributed by atoms with van der Waals surface area (Å²) in [4.78, 5) is 11.7. The number of amides is 2. The van der Waals surface area contributed by atoms with Crippen LogP contribution in [0.2, 0.25) is 0 Å². The van der Waals surface area contributed by atoms with Crippen LogP contribution in [-0.2, 0) is 0 Å². The first kappa shape index (κ1) is 13.7. The molecule has 0 saturated heterocycles. The Morgan fingerprint density at radius 1 is 1.33 bits per heavy atom. The molecule has 3 atom stereocenters. The van der Waals surface area contributed by atoms with Crippen LogP contribution in [0.5, 0.6) is 0 Å². The Labute approximate surface area is 110 Å². The molecule has 0 aromatic heterocycles. The molecule has 2 aliphatic rings. The first-order chi connectivity index (χ1) is 8.74. The van der Waals surface area contributed by atoms with Crippen LogP contribution in [0.3, 0.4) is 0 Å². The van der Waals surface area contributed by atoms with Gasteiger partial charge in [-0.1, -0.05) is 39.0 Å². The maximum absolute atomic E-state index is 11.7. The molecule has 2 fully saturated rings. The van der Waals surface area contributed by atoms with Crippen LogP contribution in [0, 0.1) is 11.8 Å². The molecule has 0 radical (unpaired) electrons. The molecule has 2 saturated carbocycles. The monoisotopic (exact) mass is 254 g/mol. The minimum Gasteiger partial charge on any atom is -0.394 e. The lowest BCUT2D eigenvalue weighted by molar-refractivity contribution is 0.213. The highest BCUT2D eigenvalue weighted by atomic mass is 16.3. The molecule has 2 amide bonds. The largest absolute Gasteiger partial charge is 0.394 e. The van der Waals surface area contributed by atoms with Crippen molar-refractivity contribution < 1.29 is 9.90 Å². The van der Waals surface area contributed by atoms with Crippen molar-refractivity contribution in [2.75, 3.05) is 6.61 Å². The van der Waals surface area contributed by atoms with Gasteiger partial charge in [0.05, 0.1) is 12.6 Å². The number of hydrogen-bond acceptors (Lipinski definition) is 2. The molecule has 0 bridgehead atoms. The average Bonchev–Trinajstić information content (AvgIpc) is 3.16. The van der Waals surface area contributed by atoms with E-state index >= 15 is 0 Å². The third kappa shape index (κ3) is 3.61. The van der Waals surface area contributed by atoms with E-state index in [4.69, 9.17) is 5.11 Å². The third-order valence-electron chi connectivity index (χ3n) is 4.46. The van der Waals surface area contributed by atoms with E-state index in [2.05, 4.69) is 10.6 Å². The van der Waals surface area contributed by atoms with E-state index in [0.29, 0.717) is 12.0 Å². The lowest BCUT2D eigenvalue weighted by Crippen LogP contribution is -2.44. The Kier molecular flexibility index (Phi) is 4.87. The SMILES string of the molecule is CCC(CO)NC(=O)NC1CC1C1CCCCC1. The fourth-order valence-corrected chi connectivity index (χ4v) is 3.14. The minimum absolute atomic E-state index is 0.0145. The summed E-state index contributed by atoms with van der Waals surface area (Å²) in [6.07, 6.45) is 8.72. The third-order valence-corrected chi connectivity index (χ3v) is 4.46. The van der Waals surface area contributed by atoms with Crippen LogP contribution >= 0.6 is 0 Å². The number of carbonyl (C=O) groups is 1. The Morgan fingerprint density at radius 3 is 2.67 bits per heavy atom. The zero-order chi connectivity index (χ0) is 13.0. The van der Waals surface area contributed by atoms with Gasteiger partial charge < -0.3 is 15.7 Å². The molecule has 104 valence electrons. The van der Waals surface area contributed by atoms with E-state index in [0.717, 1.165) is 18.8 Å². The van der Waals surface area contributed by atoms with E-state index in [1.807, 2.05) is 6.92 Å². The summed E-state index contributed by atoms with van der Waals surface area (Å²) in [5.41, 5.74) is 0. The number of hydrogen-bond donors (Lipinski definition) is 3. The van der Waals surface area contributed by atoms with Gasteiger partial charge in [-0.05, 0) is 24.7 Å². The first-order valence-corrected chi connectivity index (χ1v) is 7.42. The van der Waals surface area contributed by atoms with Gasteiger partial charge in [0.15, 0.2) is 0 Å². The van der Waals surface area contributed by atoms with E-state index in [1.54, 1.807) is 0 Å². The molecule has 0 heterocycles. The second-order valence-electron chi connectivity index (χ2n) is 5.81. The van der Waals surface area contributed by atoms with Gasteiger partial charge in [-0.2, -0.15) is 0 Å². The first-order valence-electron chi connectivity index (χ1n) is 7.42. The summed E-state index contributed by atoms with van der Waals surface area (Å²) in [5.74, 6) is 1.55. The topological polar surface area (TPSA) is 61.4 Å². The van der Waals surface area contributed by atoms with E-state index < -0.39 is 0 Å². The minimum atomic E-state index is -0.114. The van der Waals surface area contributed by atoms with Crippen molar-refractivity contribution in [2.45, 2.75) is 64.0 Å². The smallest absolute Gasteiger partial charge is 0.315 e. The number of nitrogens with one attached hydrogen (secondary N) is 2. The summed E-state index contributed by atoms with van der Waals surface area (Å²) in [5, 5.41) is 14.9. The standard InChI is InChI=1S/C14H26N2O2/c1-2-11(9-17)15-14(18)16-13-8-12(13)10-6-4-3-5-7-10/h10-13,17H,2-9H2,1H3,(H2,15,16,18). The van der Waals surface area contributed by atoms with Gasteiger partial charge in [0.2, 0.25) is 0 Å². The van der Waals surface area contributed by atoms with Gasteiger partial charge in [0.25, 0.3) is 0 Å². The van der Waals surface area contributed by atoms with Crippen molar-refractivity contribution in [3.63, 3.8) is 0 Å². The maximum Gasteiger partial charge on any atom is 0.315 e. The van der Waals surface area contributed by atoms with Crippen LogP contribution in [-0.4, -0.2) is 29.8 Å². The molecule has 2 aliphatic carbocycles. The molecule has 0 aliphatic heterocycles. The Hall–Kier alpha value is -0.770. The Balaban J connectivity index is 1.67. The lowest BCUT2D eigenvalue weighted by Gasteiger charge is -2.22. The van der Waals surface area contributed by atoms with Crippen molar-refractivity contribution in [3.8, 4) is 0 Å². The van der Waals surface area contributed by atoms with Crippen LogP contribution in [0.4, 0.5) is 4.79 Å². The van der Waals surface area contributed by atoms with Gasteiger partial charge in [0, 0.05) is 6.04 Å². The summed E-state index contributed by atoms with van der Waals surface area (Å²) < 4.78 is 0. The van der Waals surface area contributed by atoms with Crippen molar-refractivity contribution in [1.82, 2.24) is 10.6 Å². The van der Waals surface area contributed by atoms with Crippen LogP contribution < -0.4 is 10.6 Å². The zero-order valence-electron chi connectivity index (χ0n) is 11.3. The lowest BCUT2D eigenvalue weighted by atomic mass is 9.85. The van der Waals surface area contributed by atoms with Gasteiger partial charge >= 0.3 is 6.03 Å². The molecule has 0 aromatic carbocycles. The molecular weight excluding hydrogens is 228 g/mol. The van der Waals surface area contributed by atoms with Crippen LogP contribution in [0.1, 0.15) is 51.9 Å². The molecule has 18 heavy (non-hydrogen) atoms. The second-order valence-corrected chi connectivity index (χ2v) is 5.81. The molecule has 0 aromatic rings. The van der Waals surface area contributed by atoms with E-state index in [-0.39, 0.29) is 18.7 Å². The summed E-state index contributed by atoms with van der Waals surface area (Å²) in [7, 11) is 0. The van der Waals surface area contributed by atoms with E-state index in [1.165, 1.54) is 32.1 Å². The predicted octanol–water partition coefficient (Wildman–Crippen LogP) is 2.03. The van der Waals surface area contributed by atoms with Crippen molar-refractivity contribution in [2.24, 2.45) is 11.8 Å². The average molecular weight is 254 g/mol. The normalized spacial score (nSPS) is 29.7. The number of rotatable bonds is 5. The van der Waals surface area contributed by atoms with Gasteiger partial charge in [0.1, 0.15) is 0 Å². The van der Waals surface area contributed by atoms with Gasteiger partial charge in [-0.15, -0.1) is 0 Å². The molecule has 0 spiro atoms. The quantitative estimate of drug-likeness (QED) is 0.703. The number of carbonyl (C=O) groups excluding carboxylic acids is 1. The highest BCUT2D eigenvalue weighted by molar-refractivity contribution is 5.75. The van der Waals surface area contributed by atoms with Crippen LogP contribution in [0.25, 0.3) is 0 Å². The maximum atomic E-state index is 11.7.